The van der Waals surface area contributed by atoms with E-state index in [4.69, 9.17) is 4.74 Å². The molecule has 1 heterocycles. The molecule has 19 heavy (non-hydrogen) atoms. The number of hydrogen-bond acceptors (Lipinski definition) is 2. The van der Waals surface area contributed by atoms with Gasteiger partial charge in [0.25, 0.3) is 0 Å². The van der Waals surface area contributed by atoms with Gasteiger partial charge in [-0.3, -0.25) is 0 Å². The maximum absolute atomic E-state index is 5.83. The lowest BCUT2D eigenvalue weighted by Gasteiger charge is -2.14. The number of nitrogens with one attached hydrogen (secondary N) is 1. The maximum atomic E-state index is 5.83. The predicted molar refractivity (Wildman–Crippen MR) is 81.9 cm³/mol. The van der Waals surface area contributed by atoms with Crippen molar-refractivity contribution in [2.45, 2.75) is 45.1 Å². The van der Waals surface area contributed by atoms with Crippen molar-refractivity contribution in [3.8, 4) is 5.75 Å². The van der Waals surface area contributed by atoms with Crippen LogP contribution in [0.1, 0.15) is 37.3 Å². The lowest BCUT2D eigenvalue weighted by atomic mass is 9.95. The Morgan fingerprint density at radius 1 is 1.37 bits per heavy atom. The summed E-state index contributed by atoms with van der Waals surface area (Å²) in [6.45, 7) is 4.14. The Balaban J connectivity index is 1.71. The first-order chi connectivity index (χ1) is 9.26. The van der Waals surface area contributed by atoms with Crippen LogP contribution < -0.4 is 10.1 Å². The molecule has 1 aromatic carbocycles. The van der Waals surface area contributed by atoms with E-state index in [2.05, 4.69) is 40.3 Å². The fourth-order valence-electron chi connectivity index (χ4n) is 3.54. The molecule has 1 aromatic rings. The summed E-state index contributed by atoms with van der Waals surface area (Å²) in [6, 6.07) is 5.20. The van der Waals surface area contributed by atoms with Gasteiger partial charge in [-0.15, -0.1) is 0 Å². The smallest absolute Gasteiger partial charge is 0.125 e. The van der Waals surface area contributed by atoms with Crippen LogP contribution in [0, 0.1) is 5.92 Å². The second kappa shape index (κ2) is 5.84. The Morgan fingerprint density at radius 2 is 2.26 bits per heavy atom. The van der Waals surface area contributed by atoms with Crippen LogP contribution in [0.4, 0.5) is 0 Å². The summed E-state index contributed by atoms with van der Waals surface area (Å²) in [5.74, 6) is 1.99. The first-order valence-electron chi connectivity index (χ1n) is 7.43. The Morgan fingerprint density at radius 3 is 3.11 bits per heavy atom. The van der Waals surface area contributed by atoms with Crippen LogP contribution >= 0.6 is 15.9 Å². The van der Waals surface area contributed by atoms with Crippen LogP contribution in [0.3, 0.4) is 0 Å². The van der Waals surface area contributed by atoms with E-state index in [1.165, 1.54) is 47.0 Å². The van der Waals surface area contributed by atoms with Gasteiger partial charge in [-0.2, -0.15) is 0 Å². The Hall–Kier alpha value is -0.540. The zero-order valence-corrected chi connectivity index (χ0v) is 13.1. The Kier molecular flexibility index (Phi) is 4.13. The predicted octanol–water partition coefficient (Wildman–Crippen LogP) is 3.70. The molecule has 2 aliphatic rings. The van der Waals surface area contributed by atoms with Crippen molar-refractivity contribution in [1.82, 2.24) is 5.32 Å². The molecule has 0 saturated heterocycles. The van der Waals surface area contributed by atoms with Crippen molar-refractivity contribution >= 4 is 15.9 Å². The first kappa shape index (κ1) is 13.4. The van der Waals surface area contributed by atoms with Crippen molar-refractivity contribution in [3.63, 3.8) is 0 Å². The number of hydrogen-bond donors (Lipinski definition) is 1. The van der Waals surface area contributed by atoms with Crippen LogP contribution in [-0.2, 0) is 12.8 Å². The molecule has 1 aliphatic heterocycles. The van der Waals surface area contributed by atoms with Crippen molar-refractivity contribution < 1.29 is 4.74 Å². The fraction of sp³-hybridized carbons (Fsp3) is 0.625. The molecule has 1 fully saturated rings. The van der Waals surface area contributed by atoms with Crippen LogP contribution in [-0.4, -0.2) is 19.2 Å². The molecule has 104 valence electrons. The number of benzene rings is 1. The van der Waals surface area contributed by atoms with Gasteiger partial charge in [-0.1, -0.05) is 22.9 Å². The van der Waals surface area contributed by atoms with E-state index in [0.29, 0.717) is 0 Å². The van der Waals surface area contributed by atoms with Crippen molar-refractivity contribution in [1.29, 1.82) is 0 Å². The molecule has 3 rings (SSSR count). The Labute approximate surface area is 124 Å². The molecule has 2 unspecified atom stereocenters. The lowest BCUT2D eigenvalue weighted by molar-refractivity contribution is 0.350. The highest BCUT2D eigenvalue weighted by Gasteiger charge is 2.26. The third-order valence-corrected chi connectivity index (χ3v) is 4.83. The molecule has 2 atom stereocenters. The van der Waals surface area contributed by atoms with Crippen molar-refractivity contribution in [2.24, 2.45) is 5.92 Å². The van der Waals surface area contributed by atoms with Gasteiger partial charge in [0.05, 0.1) is 6.61 Å². The second-order valence-corrected chi connectivity index (χ2v) is 6.71. The lowest BCUT2D eigenvalue weighted by Crippen LogP contribution is -2.25. The van der Waals surface area contributed by atoms with E-state index in [1.807, 2.05) is 0 Å². The van der Waals surface area contributed by atoms with Crippen LogP contribution in [0.2, 0.25) is 0 Å². The molecule has 2 nitrogen and oxygen atoms in total. The molecule has 1 N–H and O–H groups in total. The third-order valence-electron chi connectivity index (χ3n) is 4.37. The topological polar surface area (TPSA) is 21.3 Å². The quantitative estimate of drug-likeness (QED) is 0.912. The van der Waals surface area contributed by atoms with E-state index in [1.54, 1.807) is 0 Å². The molecule has 0 radical (unpaired) electrons. The minimum atomic E-state index is 0.733. The highest BCUT2D eigenvalue weighted by atomic mass is 79.9. The van der Waals surface area contributed by atoms with Gasteiger partial charge in [-0.05, 0) is 61.4 Å². The van der Waals surface area contributed by atoms with Crippen molar-refractivity contribution in [2.75, 3.05) is 13.2 Å². The van der Waals surface area contributed by atoms with E-state index in [-0.39, 0.29) is 0 Å². The monoisotopic (exact) mass is 323 g/mol. The zero-order valence-electron chi connectivity index (χ0n) is 11.5. The van der Waals surface area contributed by atoms with Gasteiger partial charge < -0.3 is 10.1 Å². The minimum Gasteiger partial charge on any atom is -0.493 e. The van der Waals surface area contributed by atoms with E-state index >= 15 is 0 Å². The van der Waals surface area contributed by atoms with Crippen LogP contribution in [0.15, 0.2) is 16.6 Å². The van der Waals surface area contributed by atoms with Crippen LogP contribution in [0.25, 0.3) is 0 Å². The average molecular weight is 324 g/mol. The standard InChI is InChI=1S/C16H22BrNO/c1-2-18-15-4-3-11(8-15)7-13-10-14(17)9-12-5-6-19-16(12)13/h9-11,15,18H,2-8H2,1H3. The minimum absolute atomic E-state index is 0.733. The molecule has 1 aliphatic carbocycles. The van der Waals surface area contributed by atoms with E-state index in [0.717, 1.165) is 31.5 Å². The largest absolute Gasteiger partial charge is 0.493 e. The number of fused-ring (bicyclic) bond motifs is 1. The Bertz CT molecular complexity index is 460. The highest BCUT2D eigenvalue weighted by Crippen LogP contribution is 2.37. The summed E-state index contributed by atoms with van der Waals surface area (Å²) in [5, 5.41) is 3.58. The maximum Gasteiger partial charge on any atom is 0.125 e. The molecular weight excluding hydrogens is 302 g/mol. The summed E-state index contributed by atoms with van der Waals surface area (Å²) in [4.78, 5) is 0. The first-order valence-corrected chi connectivity index (χ1v) is 8.23. The number of ether oxygens (including phenoxy) is 1. The summed E-state index contributed by atoms with van der Waals surface area (Å²) in [7, 11) is 0. The summed E-state index contributed by atoms with van der Waals surface area (Å²) >= 11 is 3.63. The fourth-order valence-corrected chi connectivity index (χ4v) is 4.10. The molecule has 0 aromatic heterocycles. The normalized spacial score (nSPS) is 25.4. The zero-order chi connectivity index (χ0) is 13.2. The van der Waals surface area contributed by atoms with Crippen LogP contribution in [0.5, 0.6) is 5.75 Å². The number of halogens is 1. The van der Waals surface area contributed by atoms with E-state index < -0.39 is 0 Å². The van der Waals surface area contributed by atoms with Crippen molar-refractivity contribution in [3.05, 3.63) is 27.7 Å². The van der Waals surface area contributed by atoms with E-state index in [9.17, 15) is 0 Å². The summed E-state index contributed by atoms with van der Waals surface area (Å²) in [5.41, 5.74) is 2.79. The molecule has 3 heteroatoms. The number of rotatable bonds is 4. The van der Waals surface area contributed by atoms with Gasteiger partial charge in [0.2, 0.25) is 0 Å². The molecule has 1 saturated carbocycles. The second-order valence-electron chi connectivity index (χ2n) is 5.79. The SMILES string of the molecule is CCNC1CCC(Cc2cc(Br)cc3c2OCC3)C1. The summed E-state index contributed by atoms with van der Waals surface area (Å²) < 4.78 is 7.03. The average Bonchev–Trinajstić information content (AvgIpc) is 2.98. The van der Waals surface area contributed by atoms with Gasteiger partial charge in [0.1, 0.15) is 5.75 Å². The van der Waals surface area contributed by atoms with Gasteiger partial charge in [0.15, 0.2) is 0 Å². The highest BCUT2D eigenvalue weighted by molar-refractivity contribution is 9.10. The van der Waals surface area contributed by atoms with Gasteiger partial charge in [0, 0.05) is 16.9 Å². The van der Waals surface area contributed by atoms with Gasteiger partial charge in [-0.25, -0.2) is 0 Å². The molecular formula is C16H22BrNO. The molecule has 0 amide bonds. The molecule has 0 spiro atoms. The molecule has 0 bridgehead atoms. The third kappa shape index (κ3) is 2.97. The van der Waals surface area contributed by atoms with Gasteiger partial charge >= 0.3 is 0 Å². The summed E-state index contributed by atoms with van der Waals surface area (Å²) in [6.07, 6.45) is 6.22.